The molecule has 15 nitrogen and oxygen atoms in total. The number of para-hydroxylation sites is 2. The second kappa shape index (κ2) is 24.3. The van der Waals surface area contributed by atoms with Crippen LogP contribution in [0, 0.1) is 6.92 Å². The van der Waals surface area contributed by atoms with Crippen LogP contribution in [0.4, 0.5) is 17.1 Å². The number of fused-ring (bicyclic) bond motifs is 8. The monoisotopic (exact) mass is 1040 g/mol. The summed E-state index contributed by atoms with van der Waals surface area (Å²) < 4.78 is 36.1. The lowest BCUT2D eigenvalue weighted by Gasteiger charge is -2.26. The first-order valence-corrected chi connectivity index (χ1v) is 27.1. The summed E-state index contributed by atoms with van der Waals surface area (Å²) in [7, 11) is 3.22. The third kappa shape index (κ3) is 12.0. The third-order valence-electron chi connectivity index (χ3n) is 15.4. The van der Waals surface area contributed by atoms with Crippen LogP contribution in [0.5, 0.6) is 17.2 Å². The molecule has 0 N–H and O–H groups in total. The van der Waals surface area contributed by atoms with Crippen molar-refractivity contribution < 1.29 is 52.4 Å². The van der Waals surface area contributed by atoms with Crippen molar-refractivity contribution in [2.45, 2.75) is 96.4 Å². The third-order valence-corrected chi connectivity index (χ3v) is 15.4. The molecule has 10 rings (SSSR count). The number of aryl methyl sites for hydroxylation is 3. The topological polar surface area (TPSA) is 154 Å². The molecular weight excluding hydrogens is 977 g/mol. The van der Waals surface area contributed by atoms with Gasteiger partial charge < -0.3 is 43.1 Å². The molecule has 5 aliphatic rings. The van der Waals surface area contributed by atoms with Crippen molar-refractivity contribution in [1.82, 2.24) is 4.90 Å². The molecule has 5 aromatic carbocycles. The van der Waals surface area contributed by atoms with Gasteiger partial charge in [0.05, 0.1) is 40.1 Å². The maximum absolute atomic E-state index is 14.3. The minimum atomic E-state index is -0.350. The van der Waals surface area contributed by atoms with E-state index in [4.69, 9.17) is 28.4 Å². The van der Waals surface area contributed by atoms with Gasteiger partial charge in [-0.1, -0.05) is 36.4 Å². The zero-order valence-electron chi connectivity index (χ0n) is 44.4. The summed E-state index contributed by atoms with van der Waals surface area (Å²) in [6.07, 6.45) is 8.86. The van der Waals surface area contributed by atoms with E-state index in [0.717, 1.165) is 81.9 Å². The second-order valence-corrected chi connectivity index (χ2v) is 20.5. The summed E-state index contributed by atoms with van der Waals surface area (Å²) in [5, 5.41) is 0. The molecule has 0 aliphatic carbocycles. The fourth-order valence-corrected chi connectivity index (χ4v) is 11.5. The van der Waals surface area contributed by atoms with E-state index in [0.29, 0.717) is 100 Å². The number of ketones is 1. The molecule has 0 spiro atoms. The molecule has 402 valence electrons. The lowest BCUT2D eigenvalue weighted by Crippen LogP contribution is -2.36. The number of carbonyl (C=O) groups is 5. The highest BCUT2D eigenvalue weighted by Gasteiger charge is 2.39. The molecule has 15 heteroatoms. The molecule has 0 unspecified atom stereocenters. The van der Waals surface area contributed by atoms with Crippen molar-refractivity contribution >= 4 is 46.5 Å². The average Bonchev–Trinajstić information content (AvgIpc) is 4.10. The van der Waals surface area contributed by atoms with Crippen LogP contribution in [-0.2, 0) is 67.5 Å². The highest BCUT2D eigenvalue weighted by Crippen LogP contribution is 2.42. The lowest BCUT2D eigenvalue weighted by molar-refractivity contribution is -0.137. The van der Waals surface area contributed by atoms with Gasteiger partial charge in [0.25, 0.3) is 23.6 Å². The number of carbonyl (C=O) groups excluding carboxylic acids is 5. The van der Waals surface area contributed by atoms with Crippen molar-refractivity contribution in [2.24, 2.45) is 0 Å². The number of nitrogens with zero attached hydrogens (tertiary/aromatic N) is 4. The predicted molar refractivity (Wildman–Crippen MR) is 292 cm³/mol. The summed E-state index contributed by atoms with van der Waals surface area (Å²) in [6.45, 7) is 5.82. The molecule has 4 amide bonds. The number of benzene rings is 5. The van der Waals surface area contributed by atoms with Gasteiger partial charge >= 0.3 is 0 Å². The van der Waals surface area contributed by atoms with Gasteiger partial charge in [-0.25, -0.2) is 0 Å². The summed E-state index contributed by atoms with van der Waals surface area (Å²) in [6, 6.07) is 30.6. The molecule has 0 saturated heterocycles. The van der Waals surface area contributed by atoms with E-state index in [9.17, 15) is 24.0 Å². The number of hydrogen-bond acceptors (Lipinski definition) is 12. The number of imide groups is 1. The molecule has 0 bridgehead atoms. The Hall–Kier alpha value is -7.33. The van der Waals surface area contributed by atoms with Crippen molar-refractivity contribution in [1.29, 1.82) is 0 Å². The van der Waals surface area contributed by atoms with Crippen molar-refractivity contribution in [3.8, 4) is 17.2 Å². The summed E-state index contributed by atoms with van der Waals surface area (Å²) >= 11 is 0. The highest BCUT2D eigenvalue weighted by atomic mass is 16.5. The van der Waals surface area contributed by atoms with Crippen molar-refractivity contribution in [3.05, 3.63) is 153 Å². The van der Waals surface area contributed by atoms with Crippen LogP contribution in [0.25, 0.3) is 0 Å². The first-order valence-electron chi connectivity index (χ1n) is 27.1. The average molecular weight is 1050 g/mol. The number of amides is 4. The Kier molecular flexibility index (Phi) is 16.8. The summed E-state index contributed by atoms with van der Waals surface area (Å²) in [5.74, 6) is 1.07. The van der Waals surface area contributed by atoms with Gasteiger partial charge in [0.2, 0.25) is 0 Å². The van der Waals surface area contributed by atoms with E-state index >= 15 is 0 Å². The molecule has 0 radical (unpaired) electrons. The van der Waals surface area contributed by atoms with Crippen LogP contribution in [-0.4, -0.2) is 113 Å². The smallest absolute Gasteiger partial charge is 0.258 e. The molecule has 5 heterocycles. The van der Waals surface area contributed by atoms with Gasteiger partial charge in [-0.3, -0.25) is 28.9 Å². The number of hydrogen-bond donors (Lipinski definition) is 0. The number of ether oxygens (including phenoxy) is 6. The first kappa shape index (κ1) is 53.1. The van der Waals surface area contributed by atoms with Crippen LogP contribution in [0.2, 0.25) is 0 Å². The van der Waals surface area contributed by atoms with Crippen LogP contribution in [0.1, 0.15) is 98.2 Å². The van der Waals surface area contributed by atoms with Crippen molar-refractivity contribution in [2.75, 3.05) is 81.6 Å². The Morgan fingerprint density at radius 3 is 1.78 bits per heavy atom. The number of anilines is 3. The molecule has 0 fully saturated rings. The Balaban J connectivity index is 0.896. The van der Waals surface area contributed by atoms with E-state index < -0.39 is 0 Å². The van der Waals surface area contributed by atoms with E-state index in [1.807, 2.05) is 77.4 Å². The standard InChI is InChI=1S/C62H68N4O11/c1-41-30-52-44(16-18-48-34-46-10-4-6-14-54(46)65(48)61(52)70)36-56(41)76-39-42-31-43(40-77-58-37-45-17-19-49-35-47-11-5-7-15-55(47)66(49)62(71)53(45)38-57(58)73-3)33-50(32-42)63(24-25-74-28-29-75-27-26-72-2)22-8-12-51(67)13-9-23-64-59(68)20-21-60(64)69/h4-7,10-11,14-15,20-21,30-33,36-38,48-49H,8-9,12-13,16-19,22-29,34-35,39-40H2,1-3H3/t48-,49-/m1/s1. The molecule has 0 saturated carbocycles. The van der Waals surface area contributed by atoms with Gasteiger partial charge in [0, 0.05) is 92.0 Å². The van der Waals surface area contributed by atoms with Crippen LogP contribution in [0.3, 0.4) is 0 Å². The zero-order chi connectivity index (χ0) is 53.4. The highest BCUT2D eigenvalue weighted by molar-refractivity contribution is 6.13. The van der Waals surface area contributed by atoms with Gasteiger partial charge in [-0.15, -0.1) is 0 Å². The predicted octanol–water partition coefficient (Wildman–Crippen LogP) is 8.74. The minimum absolute atomic E-state index is 0.0280. The molecule has 2 atom stereocenters. The van der Waals surface area contributed by atoms with Gasteiger partial charge in [-0.2, -0.15) is 0 Å². The fraction of sp³-hybridized carbons (Fsp3) is 0.403. The SMILES string of the molecule is COCCOCCOCCN(CCCC(=O)CCCN1C(=O)C=CC1=O)c1cc(COc2cc3c(cc2C)C(=O)N2c4ccccc4C[C@H]2CC3)cc(COc2cc3c(cc2OC)C(=O)N2c4ccccc4C[C@H]2CC3)c1. The van der Waals surface area contributed by atoms with Gasteiger partial charge in [-0.05, 0) is 152 Å². The first-order chi connectivity index (χ1) is 37.6. The Bertz CT molecular complexity index is 3040. The summed E-state index contributed by atoms with van der Waals surface area (Å²) in [4.78, 5) is 73.2. The van der Waals surface area contributed by atoms with E-state index in [2.05, 4.69) is 35.2 Å². The van der Waals surface area contributed by atoms with Crippen LogP contribution in [0.15, 0.2) is 103 Å². The normalized spacial score (nSPS) is 17.1. The second-order valence-electron chi connectivity index (χ2n) is 20.5. The Labute approximate surface area is 450 Å². The minimum Gasteiger partial charge on any atom is -0.493 e. The lowest BCUT2D eigenvalue weighted by atomic mass is 9.98. The fourth-order valence-electron chi connectivity index (χ4n) is 11.5. The van der Waals surface area contributed by atoms with Gasteiger partial charge in [0.15, 0.2) is 11.5 Å². The maximum atomic E-state index is 14.3. The quantitative estimate of drug-likeness (QED) is 0.0406. The number of Topliss-reactive ketones (excluding diaryl/α,β-unsaturated/α-hetero) is 1. The number of methoxy groups -OCH3 is 2. The summed E-state index contributed by atoms with van der Waals surface area (Å²) in [5.41, 5.74) is 11.1. The van der Waals surface area contributed by atoms with E-state index in [1.54, 1.807) is 14.2 Å². The molecule has 77 heavy (non-hydrogen) atoms. The Morgan fingerprint density at radius 2 is 1.16 bits per heavy atom. The number of rotatable bonds is 25. The molecular formula is C62H68N4O11. The molecule has 0 aromatic heterocycles. The maximum Gasteiger partial charge on any atom is 0.258 e. The van der Waals surface area contributed by atoms with Gasteiger partial charge in [0.1, 0.15) is 24.7 Å². The molecule has 5 aliphatic heterocycles. The molecule has 5 aromatic rings. The zero-order valence-corrected chi connectivity index (χ0v) is 44.4. The van der Waals surface area contributed by atoms with Crippen LogP contribution < -0.4 is 28.9 Å². The van der Waals surface area contributed by atoms with Crippen LogP contribution >= 0.6 is 0 Å². The van der Waals surface area contributed by atoms with Crippen molar-refractivity contribution in [3.63, 3.8) is 0 Å². The van der Waals surface area contributed by atoms with E-state index in [1.165, 1.54) is 23.3 Å². The van der Waals surface area contributed by atoms with E-state index in [-0.39, 0.29) is 67.7 Å². The Morgan fingerprint density at radius 1 is 0.597 bits per heavy atom. The largest absolute Gasteiger partial charge is 0.493 e.